The van der Waals surface area contributed by atoms with Crippen LogP contribution in [0.4, 0.5) is 13.2 Å². The Morgan fingerprint density at radius 3 is 1.97 bits per heavy atom. The van der Waals surface area contributed by atoms with Gasteiger partial charge in [-0.2, -0.15) is 13.2 Å². The van der Waals surface area contributed by atoms with Crippen LogP contribution in [0.1, 0.15) is 134 Å². The third-order valence-electron chi connectivity index (χ3n) is 13.6. The summed E-state index contributed by atoms with van der Waals surface area (Å²) < 4.78 is 45.5. The summed E-state index contributed by atoms with van der Waals surface area (Å²) in [5.41, 5.74) is 12.5. The van der Waals surface area contributed by atoms with Crippen LogP contribution in [0.3, 0.4) is 0 Å². The van der Waals surface area contributed by atoms with Crippen LogP contribution < -0.4 is 0 Å². The van der Waals surface area contributed by atoms with Gasteiger partial charge in [-0.3, -0.25) is 0 Å². The van der Waals surface area contributed by atoms with Crippen molar-refractivity contribution in [3.05, 3.63) is 182 Å². The summed E-state index contributed by atoms with van der Waals surface area (Å²) in [5, 5.41) is 0. The zero-order chi connectivity index (χ0) is 44.4. The first-order valence-corrected chi connectivity index (χ1v) is 25.3. The smallest absolute Gasteiger partial charge is 0.361 e. The summed E-state index contributed by atoms with van der Waals surface area (Å²) >= 11 is 3.46. The Balaban J connectivity index is 1.10. The number of rotatable bonds is 19. The molecule has 0 unspecified atom stereocenters. The molecule has 0 spiro atoms. The van der Waals surface area contributed by atoms with Gasteiger partial charge in [0.1, 0.15) is 6.54 Å². The zero-order valence-corrected chi connectivity index (χ0v) is 39.4. The van der Waals surface area contributed by atoms with E-state index in [0.717, 1.165) is 81.9 Å². The number of hydrogen-bond acceptors (Lipinski definition) is 3. The SMILES string of the molecule is C=C(SCCCC1(C(=C)N(Cc2ccc(CCc3ccc(C4CCCCCCC4)cc3)cc2CC)CC(F)(F)F)c2ccccc2-c2ccccc21)Sc1cc(CCC)ccc1C. The first-order valence-electron chi connectivity index (χ1n) is 23.5. The molecule has 2 aliphatic rings. The molecule has 1 fully saturated rings. The fraction of sp³-hybridized carbons (Fsp3) is 0.404. The van der Waals surface area contributed by atoms with E-state index in [1.54, 1.807) is 28.4 Å². The largest absolute Gasteiger partial charge is 0.405 e. The van der Waals surface area contributed by atoms with Crippen LogP contribution in [0, 0.1) is 6.92 Å². The molecule has 5 aromatic rings. The van der Waals surface area contributed by atoms with Crippen molar-refractivity contribution in [2.75, 3.05) is 12.3 Å². The van der Waals surface area contributed by atoms with E-state index in [9.17, 15) is 13.2 Å². The number of fused-ring (bicyclic) bond motifs is 3. The van der Waals surface area contributed by atoms with Gasteiger partial charge in [0.2, 0.25) is 0 Å². The first kappa shape index (κ1) is 46.9. The highest BCUT2D eigenvalue weighted by Crippen LogP contribution is 2.56. The topological polar surface area (TPSA) is 3.24 Å². The van der Waals surface area contributed by atoms with Gasteiger partial charge >= 0.3 is 6.18 Å². The second kappa shape index (κ2) is 21.7. The highest BCUT2D eigenvalue weighted by molar-refractivity contribution is 8.22. The molecule has 0 aromatic heterocycles. The molecule has 7 rings (SSSR count). The van der Waals surface area contributed by atoms with E-state index in [2.05, 4.69) is 119 Å². The molecule has 0 saturated heterocycles. The summed E-state index contributed by atoms with van der Waals surface area (Å²) in [5.74, 6) is 1.47. The van der Waals surface area contributed by atoms with Crippen molar-refractivity contribution in [2.45, 2.75) is 140 Å². The number of alkyl halides is 3. The number of nitrogens with zero attached hydrogens (tertiary/aromatic N) is 1. The predicted molar refractivity (Wildman–Crippen MR) is 265 cm³/mol. The van der Waals surface area contributed by atoms with Crippen molar-refractivity contribution in [3.63, 3.8) is 0 Å². The maximum absolute atomic E-state index is 14.8. The quantitative estimate of drug-likeness (QED) is 0.0601. The molecule has 0 amide bonds. The third-order valence-corrected chi connectivity index (χ3v) is 15.9. The minimum Gasteiger partial charge on any atom is -0.361 e. The zero-order valence-electron chi connectivity index (χ0n) is 37.8. The number of thioether (sulfide) groups is 2. The Kier molecular flexibility index (Phi) is 16.1. The molecule has 5 aromatic carbocycles. The van der Waals surface area contributed by atoms with Crippen molar-refractivity contribution in [2.24, 2.45) is 0 Å². The summed E-state index contributed by atoms with van der Waals surface area (Å²) in [6.45, 7) is 14.6. The van der Waals surface area contributed by atoms with Crippen LogP contribution in [0.15, 0.2) is 137 Å². The molecule has 332 valence electrons. The van der Waals surface area contributed by atoms with Gasteiger partial charge in [0, 0.05) is 21.4 Å². The van der Waals surface area contributed by atoms with Crippen molar-refractivity contribution in [1.29, 1.82) is 0 Å². The van der Waals surface area contributed by atoms with E-state index in [0.29, 0.717) is 18.0 Å². The van der Waals surface area contributed by atoms with E-state index < -0.39 is 18.1 Å². The van der Waals surface area contributed by atoms with Gasteiger partial charge in [0.15, 0.2) is 0 Å². The highest BCUT2D eigenvalue weighted by atomic mass is 32.2. The maximum Gasteiger partial charge on any atom is 0.405 e. The molecular formula is C57H66F3NS2. The first-order chi connectivity index (χ1) is 30.5. The molecule has 1 saturated carbocycles. The summed E-state index contributed by atoms with van der Waals surface area (Å²) in [6, 6.07) is 39.0. The third kappa shape index (κ3) is 11.6. The molecule has 0 heterocycles. The number of halogens is 3. The second-order valence-electron chi connectivity index (χ2n) is 17.9. The van der Waals surface area contributed by atoms with E-state index in [1.165, 1.54) is 77.7 Å². The fourth-order valence-electron chi connectivity index (χ4n) is 10.2. The average molecular weight is 886 g/mol. The molecule has 0 N–H and O–H groups in total. The van der Waals surface area contributed by atoms with Crippen LogP contribution in [0.2, 0.25) is 0 Å². The standard InChI is InChI=1S/C57H66F3NS2/c1-6-18-45-26-25-41(3)55(38-45)63-43(5)62-36-17-35-56(53-23-15-13-21-51(53)52-22-14-16-24-54(52)56)42(4)61(40-57(58,59)60)39-50-34-31-46(37-47(50)7-2)28-27-44-29-32-49(33-30-44)48-19-11-9-8-10-12-20-48/h13-16,21-26,29-34,37-38,48H,4-12,17-20,27-28,35-36,39-40H2,1-3H3. The van der Waals surface area contributed by atoms with Gasteiger partial charge in [-0.05, 0) is 137 Å². The lowest BCUT2D eigenvalue weighted by Gasteiger charge is -2.41. The fourth-order valence-corrected chi connectivity index (χ4v) is 12.2. The predicted octanol–water partition coefficient (Wildman–Crippen LogP) is 16.7. The summed E-state index contributed by atoms with van der Waals surface area (Å²) in [7, 11) is 0. The van der Waals surface area contributed by atoms with Gasteiger partial charge < -0.3 is 4.90 Å². The summed E-state index contributed by atoms with van der Waals surface area (Å²) in [6.07, 6.45) is 11.1. The molecule has 0 atom stereocenters. The number of benzene rings is 5. The Morgan fingerprint density at radius 2 is 1.32 bits per heavy atom. The van der Waals surface area contributed by atoms with Crippen LogP contribution in [0.5, 0.6) is 0 Å². The van der Waals surface area contributed by atoms with Crippen LogP contribution in [-0.2, 0) is 37.6 Å². The Hall–Kier alpha value is -4.13. The monoisotopic (exact) mass is 885 g/mol. The van der Waals surface area contributed by atoms with Gasteiger partial charge in [-0.1, -0.05) is 180 Å². The van der Waals surface area contributed by atoms with E-state index in [4.69, 9.17) is 0 Å². The minimum absolute atomic E-state index is 0.134. The lowest BCUT2D eigenvalue weighted by Crippen LogP contribution is -2.42. The van der Waals surface area contributed by atoms with E-state index >= 15 is 0 Å². The van der Waals surface area contributed by atoms with Gasteiger partial charge in [-0.25, -0.2) is 0 Å². The lowest BCUT2D eigenvalue weighted by atomic mass is 9.71. The molecule has 1 nitrogen and oxygen atoms in total. The summed E-state index contributed by atoms with van der Waals surface area (Å²) in [4.78, 5) is 2.77. The van der Waals surface area contributed by atoms with Gasteiger partial charge in [0.25, 0.3) is 0 Å². The highest BCUT2D eigenvalue weighted by Gasteiger charge is 2.48. The van der Waals surface area contributed by atoms with Gasteiger partial charge in [-0.15, -0.1) is 11.8 Å². The Bertz CT molecular complexity index is 2270. The van der Waals surface area contributed by atoms with Crippen molar-refractivity contribution in [1.82, 2.24) is 4.90 Å². The van der Waals surface area contributed by atoms with Crippen LogP contribution >= 0.6 is 23.5 Å². The lowest BCUT2D eigenvalue weighted by molar-refractivity contribution is -0.143. The normalized spacial score (nSPS) is 15.0. The van der Waals surface area contributed by atoms with Crippen LogP contribution in [-0.4, -0.2) is 23.4 Å². The molecule has 0 bridgehead atoms. The van der Waals surface area contributed by atoms with Gasteiger partial charge in [0.05, 0.1) is 5.41 Å². The Morgan fingerprint density at radius 1 is 0.714 bits per heavy atom. The Labute approximate surface area is 385 Å². The maximum atomic E-state index is 14.8. The van der Waals surface area contributed by atoms with Crippen molar-refractivity contribution < 1.29 is 13.2 Å². The minimum atomic E-state index is -4.42. The molecule has 63 heavy (non-hydrogen) atoms. The van der Waals surface area contributed by atoms with Crippen molar-refractivity contribution >= 4 is 23.5 Å². The number of hydrogen-bond donors (Lipinski definition) is 0. The number of allylic oxidation sites excluding steroid dienone is 1. The van der Waals surface area contributed by atoms with Crippen LogP contribution in [0.25, 0.3) is 11.1 Å². The average Bonchev–Trinajstić information content (AvgIpc) is 3.55. The van der Waals surface area contributed by atoms with E-state index in [1.807, 2.05) is 24.3 Å². The molecular weight excluding hydrogens is 820 g/mol. The molecule has 2 aliphatic carbocycles. The van der Waals surface area contributed by atoms with E-state index in [-0.39, 0.29) is 6.54 Å². The van der Waals surface area contributed by atoms with Crippen molar-refractivity contribution in [3.8, 4) is 11.1 Å². The molecule has 0 radical (unpaired) electrons. The second-order valence-corrected chi connectivity index (χ2v) is 20.5. The molecule has 0 aliphatic heterocycles. The number of aryl methyl sites for hydroxylation is 5. The molecule has 6 heteroatoms.